The summed E-state index contributed by atoms with van der Waals surface area (Å²) in [5.74, 6) is 0. The third-order valence-corrected chi connectivity index (χ3v) is 4.40. The molecule has 1 saturated carbocycles. The fraction of sp³-hybridized carbons (Fsp3) is 0.818. The monoisotopic (exact) mass is 194 g/mol. The molecule has 0 amide bonds. The first-order chi connectivity index (χ1) is 6.73. The van der Waals surface area contributed by atoms with Crippen molar-refractivity contribution in [1.82, 2.24) is 0 Å². The van der Waals surface area contributed by atoms with Gasteiger partial charge in [-0.05, 0) is 18.9 Å². The van der Waals surface area contributed by atoms with E-state index in [1.807, 2.05) is 6.08 Å². The Morgan fingerprint density at radius 1 is 1.21 bits per heavy atom. The molecule has 2 aliphatic heterocycles. The fourth-order valence-corrected chi connectivity index (χ4v) is 3.38. The number of aliphatic hydroxyl groups excluding tert-OH is 1. The van der Waals surface area contributed by atoms with E-state index in [1.165, 1.54) is 12.8 Å². The van der Waals surface area contributed by atoms with Crippen LogP contribution in [0, 0.1) is 0 Å². The summed E-state index contributed by atoms with van der Waals surface area (Å²) in [7, 11) is 0. The molecule has 3 heteroatoms. The SMILES string of the molecule is OC1C2(C=CC34CCCCC13O4)CO2. The van der Waals surface area contributed by atoms with Gasteiger partial charge in [-0.1, -0.05) is 18.9 Å². The Kier molecular flexibility index (Phi) is 1.09. The van der Waals surface area contributed by atoms with Crippen LogP contribution in [0.15, 0.2) is 12.2 Å². The number of rotatable bonds is 0. The van der Waals surface area contributed by atoms with Gasteiger partial charge in [-0.2, -0.15) is 0 Å². The maximum atomic E-state index is 10.3. The van der Waals surface area contributed by atoms with E-state index in [0.717, 1.165) is 12.8 Å². The van der Waals surface area contributed by atoms with Crippen LogP contribution in [0.4, 0.5) is 0 Å². The normalized spacial score (nSPS) is 63.4. The van der Waals surface area contributed by atoms with Crippen molar-refractivity contribution in [3.8, 4) is 0 Å². The van der Waals surface area contributed by atoms with Crippen LogP contribution in [0.5, 0.6) is 0 Å². The van der Waals surface area contributed by atoms with Gasteiger partial charge >= 0.3 is 0 Å². The molecule has 1 N–H and O–H groups in total. The van der Waals surface area contributed by atoms with Crippen molar-refractivity contribution in [2.45, 2.75) is 48.6 Å². The molecule has 2 heterocycles. The zero-order chi connectivity index (χ0) is 9.44. The average Bonchev–Trinajstić information content (AvgIpc) is 3.08. The van der Waals surface area contributed by atoms with Crippen LogP contribution >= 0.6 is 0 Å². The zero-order valence-electron chi connectivity index (χ0n) is 8.03. The molecule has 3 nitrogen and oxygen atoms in total. The fourth-order valence-electron chi connectivity index (χ4n) is 3.38. The van der Waals surface area contributed by atoms with Crippen LogP contribution in [0.1, 0.15) is 25.7 Å². The second-order valence-corrected chi connectivity index (χ2v) is 5.07. The summed E-state index contributed by atoms with van der Waals surface area (Å²) in [5.41, 5.74) is -0.782. The standard InChI is InChI=1S/C11H14O3/c12-8-9(7-13-9)5-6-10-3-1-2-4-11(8,10)14-10/h5-6,8,12H,1-4,7H2. The molecule has 0 radical (unpaired) electrons. The van der Waals surface area contributed by atoms with Crippen LogP contribution in [-0.4, -0.2) is 34.6 Å². The molecule has 0 aromatic rings. The van der Waals surface area contributed by atoms with E-state index in [0.29, 0.717) is 6.61 Å². The van der Waals surface area contributed by atoms with Crippen molar-refractivity contribution in [2.24, 2.45) is 0 Å². The summed E-state index contributed by atoms with van der Waals surface area (Å²) in [6.07, 6.45) is 8.16. The molecule has 2 aliphatic carbocycles. The van der Waals surface area contributed by atoms with Crippen molar-refractivity contribution in [3.63, 3.8) is 0 Å². The predicted molar refractivity (Wildman–Crippen MR) is 48.8 cm³/mol. The highest BCUT2D eigenvalue weighted by Gasteiger charge is 2.79. The first-order valence-corrected chi connectivity index (χ1v) is 5.46. The Morgan fingerprint density at radius 2 is 2.00 bits per heavy atom. The van der Waals surface area contributed by atoms with E-state index >= 15 is 0 Å². The van der Waals surface area contributed by atoms with Crippen LogP contribution in [0.2, 0.25) is 0 Å². The van der Waals surface area contributed by atoms with Gasteiger partial charge in [0, 0.05) is 0 Å². The van der Waals surface area contributed by atoms with Crippen molar-refractivity contribution in [2.75, 3.05) is 6.61 Å². The van der Waals surface area contributed by atoms with Gasteiger partial charge in [-0.25, -0.2) is 0 Å². The minimum atomic E-state index is -0.444. The maximum absolute atomic E-state index is 10.3. The number of hydrogen-bond donors (Lipinski definition) is 1. The Hall–Kier alpha value is -0.380. The summed E-state index contributed by atoms with van der Waals surface area (Å²) >= 11 is 0. The molecule has 3 fully saturated rings. The van der Waals surface area contributed by atoms with E-state index in [2.05, 4.69) is 6.08 Å². The summed E-state index contributed by atoms with van der Waals surface area (Å²) in [4.78, 5) is 0. The van der Waals surface area contributed by atoms with Gasteiger partial charge in [-0.3, -0.25) is 0 Å². The van der Waals surface area contributed by atoms with E-state index in [4.69, 9.17) is 9.47 Å². The Bertz CT molecular complexity index is 333. The second kappa shape index (κ2) is 1.94. The van der Waals surface area contributed by atoms with Crippen molar-refractivity contribution < 1.29 is 14.6 Å². The van der Waals surface area contributed by atoms with E-state index in [1.54, 1.807) is 0 Å². The molecule has 76 valence electrons. The molecule has 4 rings (SSSR count). The van der Waals surface area contributed by atoms with Crippen LogP contribution in [0.25, 0.3) is 0 Å². The van der Waals surface area contributed by atoms with Crippen LogP contribution in [-0.2, 0) is 9.47 Å². The maximum Gasteiger partial charge on any atom is 0.138 e. The Balaban J connectivity index is 1.82. The number of aliphatic hydroxyl groups is 1. The Morgan fingerprint density at radius 3 is 2.79 bits per heavy atom. The highest BCUT2D eigenvalue weighted by Crippen LogP contribution is 2.65. The minimum absolute atomic E-state index is 0.123. The molecule has 1 spiro atoms. The van der Waals surface area contributed by atoms with E-state index < -0.39 is 6.10 Å². The first kappa shape index (κ1) is 7.85. The molecule has 4 atom stereocenters. The lowest BCUT2D eigenvalue weighted by molar-refractivity contribution is 0.0169. The largest absolute Gasteiger partial charge is 0.386 e. The van der Waals surface area contributed by atoms with Crippen molar-refractivity contribution >= 4 is 0 Å². The molecule has 4 unspecified atom stereocenters. The molecular weight excluding hydrogens is 180 g/mol. The predicted octanol–water partition coefficient (Wildman–Crippen LogP) is 0.768. The van der Waals surface area contributed by atoms with Gasteiger partial charge < -0.3 is 14.6 Å². The minimum Gasteiger partial charge on any atom is -0.386 e. The molecule has 14 heavy (non-hydrogen) atoms. The van der Waals surface area contributed by atoms with Crippen molar-refractivity contribution in [1.29, 1.82) is 0 Å². The van der Waals surface area contributed by atoms with Gasteiger partial charge in [0.15, 0.2) is 0 Å². The summed E-state index contributed by atoms with van der Waals surface area (Å²) in [6.45, 7) is 0.659. The van der Waals surface area contributed by atoms with Crippen LogP contribution in [0.3, 0.4) is 0 Å². The van der Waals surface area contributed by atoms with Crippen molar-refractivity contribution in [3.05, 3.63) is 12.2 Å². The highest BCUT2D eigenvalue weighted by atomic mass is 16.7. The third kappa shape index (κ3) is 0.630. The second-order valence-electron chi connectivity index (χ2n) is 5.07. The average molecular weight is 194 g/mol. The van der Waals surface area contributed by atoms with Gasteiger partial charge in [0.2, 0.25) is 0 Å². The van der Waals surface area contributed by atoms with Gasteiger partial charge in [0.1, 0.15) is 22.9 Å². The van der Waals surface area contributed by atoms with Gasteiger partial charge in [0.05, 0.1) is 6.61 Å². The smallest absolute Gasteiger partial charge is 0.138 e. The Labute approximate surface area is 82.7 Å². The van der Waals surface area contributed by atoms with Gasteiger partial charge in [0.25, 0.3) is 0 Å². The topological polar surface area (TPSA) is 45.3 Å². The van der Waals surface area contributed by atoms with Crippen LogP contribution < -0.4 is 0 Å². The summed E-state index contributed by atoms with van der Waals surface area (Å²) in [6, 6.07) is 0. The molecule has 0 aromatic carbocycles. The summed E-state index contributed by atoms with van der Waals surface area (Å²) < 4.78 is 11.3. The number of hydrogen-bond acceptors (Lipinski definition) is 3. The quantitative estimate of drug-likeness (QED) is 0.457. The lowest BCUT2D eigenvalue weighted by Gasteiger charge is -2.32. The summed E-state index contributed by atoms with van der Waals surface area (Å²) in [5, 5.41) is 10.3. The lowest BCUT2D eigenvalue weighted by Crippen LogP contribution is -2.50. The molecular formula is C11H14O3. The van der Waals surface area contributed by atoms with Gasteiger partial charge in [-0.15, -0.1) is 0 Å². The van der Waals surface area contributed by atoms with E-state index in [-0.39, 0.29) is 16.8 Å². The molecule has 0 aromatic heterocycles. The molecule has 4 aliphatic rings. The third-order valence-electron chi connectivity index (χ3n) is 4.40. The zero-order valence-corrected chi connectivity index (χ0v) is 8.03. The highest BCUT2D eigenvalue weighted by molar-refractivity contribution is 5.40. The van der Waals surface area contributed by atoms with E-state index in [9.17, 15) is 5.11 Å². The first-order valence-electron chi connectivity index (χ1n) is 5.46. The lowest BCUT2D eigenvalue weighted by atomic mass is 9.69. The number of ether oxygens (including phenoxy) is 2. The molecule has 2 saturated heterocycles. The number of epoxide rings is 2. The molecule has 0 bridgehead atoms.